The first-order valence-electron chi connectivity index (χ1n) is 9.54. The second-order valence-corrected chi connectivity index (χ2v) is 9.68. The fourth-order valence-electron chi connectivity index (χ4n) is 3.07. The quantitative estimate of drug-likeness (QED) is 0.599. The summed E-state index contributed by atoms with van der Waals surface area (Å²) in [6.07, 6.45) is 4.19. The number of aromatic nitrogens is 1. The number of hydrogen-bond donors (Lipinski definition) is 1. The molecule has 158 valence electrons. The highest BCUT2D eigenvalue weighted by molar-refractivity contribution is 7.91. The van der Waals surface area contributed by atoms with Gasteiger partial charge >= 0.3 is 0 Å². The van der Waals surface area contributed by atoms with Crippen LogP contribution in [0.4, 0.5) is 0 Å². The molecule has 3 rings (SSSR count). The fraction of sp³-hybridized carbons (Fsp3) is 0.474. The Morgan fingerprint density at radius 2 is 2.00 bits per heavy atom. The summed E-state index contributed by atoms with van der Waals surface area (Å²) < 4.78 is 32.6. The molecule has 1 fully saturated rings. The van der Waals surface area contributed by atoms with E-state index in [4.69, 9.17) is 4.74 Å². The number of hydrogen-bond acceptors (Lipinski definition) is 7. The van der Waals surface area contributed by atoms with Crippen molar-refractivity contribution in [2.24, 2.45) is 0 Å². The fourth-order valence-corrected chi connectivity index (χ4v) is 5.08. The Hall–Kier alpha value is -1.85. The van der Waals surface area contributed by atoms with Crippen molar-refractivity contribution in [3.63, 3.8) is 0 Å². The third-order valence-electron chi connectivity index (χ3n) is 4.65. The Morgan fingerprint density at radius 1 is 1.24 bits per heavy atom. The third kappa shape index (κ3) is 6.86. The Balaban J connectivity index is 1.57. The van der Waals surface area contributed by atoms with Crippen LogP contribution in [0.15, 0.2) is 46.2 Å². The van der Waals surface area contributed by atoms with Crippen LogP contribution in [0.3, 0.4) is 0 Å². The average Bonchev–Trinajstić information content (AvgIpc) is 3.29. The Morgan fingerprint density at radius 3 is 2.69 bits per heavy atom. The standard InChI is InChI=1S/C19H26N4O4S2/c24-18(15-21-29(25,26)19-3-1-14-28-19)23(16-17-4-6-20-7-5-17)9-2-8-22-10-12-27-13-11-22/h1,3-7,14,21H,2,8-13,15-16H2. The molecule has 1 saturated heterocycles. The lowest BCUT2D eigenvalue weighted by Crippen LogP contribution is -2.42. The number of amides is 1. The molecule has 8 nitrogen and oxygen atoms in total. The number of thiophene rings is 1. The van der Waals surface area contributed by atoms with Gasteiger partial charge in [-0.3, -0.25) is 14.7 Å². The van der Waals surface area contributed by atoms with Gasteiger partial charge in [0.1, 0.15) is 4.21 Å². The van der Waals surface area contributed by atoms with Gasteiger partial charge in [0.15, 0.2) is 0 Å². The highest BCUT2D eigenvalue weighted by Crippen LogP contribution is 2.15. The van der Waals surface area contributed by atoms with E-state index in [1.54, 1.807) is 28.7 Å². The van der Waals surface area contributed by atoms with Crippen LogP contribution in [0.1, 0.15) is 12.0 Å². The number of sulfonamides is 1. The number of ether oxygens (including phenoxy) is 1. The first-order valence-corrected chi connectivity index (χ1v) is 11.9. The molecule has 0 saturated carbocycles. The van der Waals surface area contributed by atoms with Crippen LogP contribution >= 0.6 is 11.3 Å². The van der Waals surface area contributed by atoms with Crippen molar-refractivity contribution in [2.75, 3.05) is 45.9 Å². The minimum atomic E-state index is -3.67. The summed E-state index contributed by atoms with van der Waals surface area (Å²) in [4.78, 5) is 20.8. The van der Waals surface area contributed by atoms with Gasteiger partial charge in [-0.2, -0.15) is 0 Å². The van der Waals surface area contributed by atoms with Crippen molar-refractivity contribution < 1.29 is 17.9 Å². The molecular formula is C19H26N4O4S2. The Labute approximate surface area is 175 Å². The first-order chi connectivity index (χ1) is 14.0. The van der Waals surface area contributed by atoms with Gasteiger partial charge in [0.25, 0.3) is 10.0 Å². The molecule has 1 aliphatic rings. The Bertz CT molecular complexity index is 854. The molecule has 10 heteroatoms. The van der Waals surface area contributed by atoms with Crippen LogP contribution in [0, 0.1) is 0 Å². The SMILES string of the molecule is O=C(CNS(=O)(=O)c1cccs1)N(CCCN1CCOCC1)Cc1ccncc1. The van der Waals surface area contributed by atoms with Crippen molar-refractivity contribution in [1.82, 2.24) is 19.5 Å². The maximum atomic E-state index is 12.8. The summed E-state index contributed by atoms with van der Waals surface area (Å²) >= 11 is 1.12. The van der Waals surface area contributed by atoms with Crippen LogP contribution < -0.4 is 4.72 Å². The largest absolute Gasteiger partial charge is 0.379 e. The minimum Gasteiger partial charge on any atom is -0.379 e. The van der Waals surface area contributed by atoms with Gasteiger partial charge in [-0.15, -0.1) is 11.3 Å². The topological polar surface area (TPSA) is 91.8 Å². The van der Waals surface area contributed by atoms with Gasteiger partial charge in [-0.25, -0.2) is 13.1 Å². The second-order valence-electron chi connectivity index (χ2n) is 6.73. The van der Waals surface area contributed by atoms with Crippen LogP contribution in [-0.4, -0.2) is 75.0 Å². The van der Waals surface area contributed by atoms with Crippen LogP contribution in [0.25, 0.3) is 0 Å². The molecule has 0 atom stereocenters. The van der Waals surface area contributed by atoms with E-state index >= 15 is 0 Å². The zero-order valence-electron chi connectivity index (χ0n) is 16.2. The minimum absolute atomic E-state index is 0.207. The van der Waals surface area contributed by atoms with Gasteiger partial charge in [0, 0.05) is 45.1 Å². The molecule has 1 aliphatic heterocycles. The van der Waals surface area contributed by atoms with Crippen molar-refractivity contribution in [3.8, 4) is 0 Å². The average molecular weight is 439 g/mol. The molecule has 2 aromatic rings. The molecule has 0 aromatic carbocycles. The molecule has 1 N–H and O–H groups in total. The van der Waals surface area contributed by atoms with E-state index in [9.17, 15) is 13.2 Å². The first kappa shape index (κ1) is 21.8. The molecule has 0 unspecified atom stereocenters. The number of nitrogens with one attached hydrogen (secondary N) is 1. The Kier molecular flexibility index (Phi) is 8.13. The predicted molar refractivity (Wildman–Crippen MR) is 111 cm³/mol. The van der Waals surface area contributed by atoms with Gasteiger partial charge in [-0.1, -0.05) is 6.07 Å². The van der Waals surface area contributed by atoms with E-state index in [2.05, 4.69) is 14.6 Å². The molecule has 0 aliphatic carbocycles. The van der Waals surface area contributed by atoms with Crippen molar-refractivity contribution in [3.05, 3.63) is 47.6 Å². The number of carbonyl (C=O) groups is 1. The summed E-state index contributed by atoms with van der Waals surface area (Å²) in [6.45, 7) is 4.88. The number of pyridine rings is 1. The summed E-state index contributed by atoms with van der Waals surface area (Å²) in [5.74, 6) is -0.246. The van der Waals surface area contributed by atoms with Crippen molar-refractivity contribution >= 4 is 27.3 Å². The molecule has 0 radical (unpaired) electrons. The second kappa shape index (κ2) is 10.8. The maximum Gasteiger partial charge on any atom is 0.250 e. The highest BCUT2D eigenvalue weighted by atomic mass is 32.2. The summed E-state index contributed by atoms with van der Waals surface area (Å²) in [6, 6.07) is 6.91. The monoisotopic (exact) mass is 438 g/mol. The zero-order chi connectivity index (χ0) is 20.5. The summed E-state index contributed by atoms with van der Waals surface area (Å²) in [5.41, 5.74) is 0.959. The molecule has 29 heavy (non-hydrogen) atoms. The zero-order valence-corrected chi connectivity index (χ0v) is 17.8. The highest BCUT2D eigenvalue weighted by Gasteiger charge is 2.20. The van der Waals surface area contributed by atoms with Crippen molar-refractivity contribution in [2.45, 2.75) is 17.2 Å². The van der Waals surface area contributed by atoms with Crippen LogP contribution in [0.5, 0.6) is 0 Å². The molecule has 1 amide bonds. The maximum absolute atomic E-state index is 12.8. The van der Waals surface area contributed by atoms with Crippen LogP contribution in [-0.2, 0) is 26.1 Å². The third-order valence-corrected chi connectivity index (χ3v) is 7.45. The lowest BCUT2D eigenvalue weighted by Gasteiger charge is -2.28. The number of rotatable bonds is 10. The smallest absolute Gasteiger partial charge is 0.250 e. The number of carbonyl (C=O) groups excluding carboxylic acids is 1. The molecule has 3 heterocycles. The van der Waals surface area contributed by atoms with E-state index in [0.717, 1.165) is 56.2 Å². The summed E-state index contributed by atoms with van der Waals surface area (Å²) in [5, 5.41) is 1.69. The lowest BCUT2D eigenvalue weighted by atomic mass is 10.2. The molecule has 2 aromatic heterocycles. The van der Waals surface area contributed by atoms with E-state index in [0.29, 0.717) is 13.1 Å². The van der Waals surface area contributed by atoms with Gasteiger partial charge in [-0.05, 0) is 35.6 Å². The summed E-state index contributed by atoms with van der Waals surface area (Å²) in [7, 11) is -3.67. The van der Waals surface area contributed by atoms with Crippen molar-refractivity contribution in [1.29, 1.82) is 0 Å². The number of morpholine rings is 1. The van der Waals surface area contributed by atoms with Gasteiger partial charge in [0.2, 0.25) is 5.91 Å². The van der Waals surface area contributed by atoms with E-state index < -0.39 is 10.0 Å². The van der Waals surface area contributed by atoms with Gasteiger partial charge in [0.05, 0.1) is 19.8 Å². The van der Waals surface area contributed by atoms with Gasteiger partial charge < -0.3 is 9.64 Å². The molecular weight excluding hydrogens is 412 g/mol. The lowest BCUT2D eigenvalue weighted by molar-refractivity contribution is -0.130. The van der Waals surface area contributed by atoms with E-state index in [-0.39, 0.29) is 16.7 Å². The van der Waals surface area contributed by atoms with Crippen LogP contribution in [0.2, 0.25) is 0 Å². The number of nitrogens with zero attached hydrogens (tertiary/aromatic N) is 3. The molecule has 0 spiro atoms. The van der Waals surface area contributed by atoms with E-state index in [1.165, 1.54) is 6.07 Å². The molecule has 0 bridgehead atoms. The predicted octanol–water partition coefficient (Wildman–Crippen LogP) is 1.17. The normalized spacial score (nSPS) is 15.3. The van der Waals surface area contributed by atoms with E-state index in [1.807, 2.05) is 12.1 Å².